The monoisotopic (exact) mass is 198 g/mol. The molecule has 0 radical (unpaired) electrons. The second-order valence-electron chi connectivity index (χ2n) is 2.59. The van der Waals surface area contributed by atoms with Crippen LogP contribution >= 0.6 is 0 Å². The van der Waals surface area contributed by atoms with E-state index in [1.807, 2.05) is 0 Å². The maximum absolute atomic E-state index is 10.2. The highest BCUT2D eigenvalue weighted by atomic mass is 32.2. The smallest absolute Gasteiger partial charge is 0.264 e. The van der Waals surface area contributed by atoms with Crippen molar-refractivity contribution in [2.75, 3.05) is 12.4 Å². The molecule has 1 unspecified atom stereocenters. The molecule has 5 nitrogen and oxygen atoms in total. The SMILES string of the molecule is O=S(=O)(O)CCCC(O)CCO. The van der Waals surface area contributed by atoms with Crippen LogP contribution in [0.4, 0.5) is 0 Å². The van der Waals surface area contributed by atoms with Gasteiger partial charge in [-0.05, 0) is 19.3 Å². The Hall–Kier alpha value is -0.170. The van der Waals surface area contributed by atoms with E-state index >= 15 is 0 Å². The second kappa shape index (κ2) is 5.47. The van der Waals surface area contributed by atoms with E-state index in [-0.39, 0.29) is 31.6 Å². The molecule has 0 saturated heterocycles. The van der Waals surface area contributed by atoms with Crippen LogP contribution in [-0.2, 0) is 10.1 Å². The number of hydrogen-bond acceptors (Lipinski definition) is 4. The molecule has 0 aliphatic heterocycles. The molecule has 0 aliphatic rings. The molecule has 0 bridgehead atoms. The zero-order chi connectivity index (χ0) is 9.61. The molecule has 0 fully saturated rings. The van der Waals surface area contributed by atoms with Crippen molar-refractivity contribution in [2.45, 2.75) is 25.4 Å². The van der Waals surface area contributed by atoms with E-state index in [0.717, 1.165) is 0 Å². The minimum Gasteiger partial charge on any atom is -0.396 e. The summed E-state index contributed by atoms with van der Waals surface area (Å²) in [4.78, 5) is 0. The summed E-state index contributed by atoms with van der Waals surface area (Å²) in [6.07, 6.45) is 0.0444. The van der Waals surface area contributed by atoms with E-state index < -0.39 is 16.2 Å². The summed E-state index contributed by atoms with van der Waals surface area (Å²) in [6.45, 7) is -0.118. The zero-order valence-corrected chi connectivity index (χ0v) is 7.50. The van der Waals surface area contributed by atoms with E-state index in [0.29, 0.717) is 0 Å². The van der Waals surface area contributed by atoms with Gasteiger partial charge >= 0.3 is 0 Å². The van der Waals surface area contributed by atoms with Gasteiger partial charge in [-0.3, -0.25) is 4.55 Å². The Labute approximate surface area is 71.8 Å². The van der Waals surface area contributed by atoms with Crippen molar-refractivity contribution < 1.29 is 23.2 Å². The Morgan fingerprint density at radius 1 is 1.25 bits per heavy atom. The molecule has 0 spiro atoms. The first-order chi connectivity index (χ1) is 5.45. The van der Waals surface area contributed by atoms with Gasteiger partial charge in [-0.25, -0.2) is 0 Å². The summed E-state index contributed by atoms with van der Waals surface area (Å²) in [5.74, 6) is -0.338. The lowest BCUT2D eigenvalue weighted by Crippen LogP contribution is -2.12. The van der Waals surface area contributed by atoms with E-state index in [2.05, 4.69) is 0 Å². The van der Waals surface area contributed by atoms with Gasteiger partial charge in [-0.2, -0.15) is 8.42 Å². The highest BCUT2D eigenvalue weighted by Gasteiger charge is 2.07. The van der Waals surface area contributed by atoms with Crippen LogP contribution in [0.25, 0.3) is 0 Å². The van der Waals surface area contributed by atoms with Gasteiger partial charge in [0.1, 0.15) is 0 Å². The van der Waals surface area contributed by atoms with Crippen LogP contribution in [0, 0.1) is 0 Å². The first-order valence-corrected chi connectivity index (χ1v) is 5.30. The van der Waals surface area contributed by atoms with E-state index in [9.17, 15) is 8.42 Å². The highest BCUT2D eigenvalue weighted by molar-refractivity contribution is 7.85. The number of rotatable bonds is 6. The third-order valence-corrected chi connectivity index (χ3v) is 2.21. The average Bonchev–Trinajstić information content (AvgIpc) is 1.84. The van der Waals surface area contributed by atoms with Gasteiger partial charge in [0.2, 0.25) is 0 Å². The molecule has 0 heterocycles. The lowest BCUT2D eigenvalue weighted by atomic mass is 10.1. The molecular formula is C6H14O5S. The topological polar surface area (TPSA) is 94.8 Å². The van der Waals surface area contributed by atoms with Gasteiger partial charge in [-0.15, -0.1) is 0 Å². The summed E-state index contributed by atoms with van der Waals surface area (Å²) < 4.78 is 28.7. The Kier molecular flexibility index (Phi) is 5.39. The molecule has 0 amide bonds. The maximum atomic E-state index is 10.2. The van der Waals surface area contributed by atoms with Crippen molar-refractivity contribution in [1.29, 1.82) is 0 Å². The van der Waals surface area contributed by atoms with Crippen molar-refractivity contribution >= 4 is 10.1 Å². The lowest BCUT2D eigenvalue weighted by Gasteiger charge is -2.06. The number of hydrogen-bond donors (Lipinski definition) is 3. The van der Waals surface area contributed by atoms with E-state index in [1.165, 1.54) is 0 Å². The number of aliphatic hydroxyl groups excluding tert-OH is 2. The van der Waals surface area contributed by atoms with Crippen LogP contribution in [0.5, 0.6) is 0 Å². The van der Waals surface area contributed by atoms with Crippen LogP contribution in [0.3, 0.4) is 0 Å². The molecule has 0 aromatic rings. The summed E-state index contributed by atoms with van der Waals surface area (Å²) in [5.41, 5.74) is 0. The minimum absolute atomic E-state index is 0.118. The molecule has 0 saturated carbocycles. The van der Waals surface area contributed by atoms with Crippen molar-refractivity contribution in [3.05, 3.63) is 0 Å². The molecule has 12 heavy (non-hydrogen) atoms. The first kappa shape index (κ1) is 11.8. The standard InChI is InChI=1S/C6H14O5S/c7-4-3-6(8)2-1-5-12(9,10)11/h6-8H,1-5H2,(H,9,10,11). The van der Waals surface area contributed by atoms with E-state index in [4.69, 9.17) is 14.8 Å². The van der Waals surface area contributed by atoms with Crippen molar-refractivity contribution in [3.8, 4) is 0 Å². The Bertz CT molecular complexity index is 198. The Morgan fingerprint density at radius 3 is 2.25 bits per heavy atom. The van der Waals surface area contributed by atoms with Gasteiger partial charge in [-0.1, -0.05) is 0 Å². The zero-order valence-electron chi connectivity index (χ0n) is 6.68. The normalized spacial score (nSPS) is 14.6. The highest BCUT2D eigenvalue weighted by Crippen LogP contribution is 2.02. The van der Waals surface area contributed by atoms with Crippen LogP contribution in [0.15, 0.2) is 0 Å². The Morgan fingerprint density at radius 2 is 1.83 bits per heavy atom. The van der Waals surface area contributed by atoms with E-state index in [1.54, 1.807) is 0 Å². The number of aliphatic hydroxyl groups is 2. The van der Waals surface area contributed by atoms with Crippen LogP contribution < -0.4 is 0 Å². The van der Waals surface area contributed by atoms with Gasteiger partial charge in [0.15, 0.2) is 0 Å². The second-order valence-corrected chi connectivity index (χ2v) is 4.17. The average molecular weight is 198 g/mol. The fourth-order valence-electron chi connectivity index (χ4n) is 0.795. The lowest BCUT2D eigenvalue weighted by molar-refractivity contribution is 0.124. The molecule has 0 aromatic carbocycles. The molecule has 74 valence electrons. The molecule has 0 aliphatic carbocycles. The first-order valence-electron chi connectivity index (χ1n) is 3.70. The summed E-state index contributed by atoms with van der Waals surface area (Å²) >= 11 is 0. The summed E-state index contributed by atoms with van der Waals surface area (Å²) in [7, 11) is -3.91. The molecular weight excluding hydrogens is 184 g/mol. The predicted molar refractivity (Wildman–Crippen MR) is 43.4 cm³/mol. The van der Waals surface area contributed by atoms with Crippen LogP contribution in [0.2, 0.25) is 0 Å². The fraction of sp³-hybridized carbons (Fsp3) is 1.00. The maximum Gasteiger partial charge on any atom is 0.264 e. The third kappa shape index (κ3) is 7.93. The predicted octanol–water partition coefficient (Wildman–Crippen LogP) is -0.602. The van der Waals surface area contributed by atoms with Crippen molar-refractivity contribution in [2.24, 2.45) is 0 Å². The van der Waals surface area contributed by atoms with Crippen LogP contribution in [-0.4, -0.2) is 41.6 Å². The molecule has 1 atom stereocenters. The Balaban J connectivity index is 3.44. The van der Waals surface area contributed by atoms with Gasteiger partial charge in [0.05, 0.1) is 11.9 Å². The van der Waals surface area contributed by atoms with Gasteiger partial charge in [0, 0.05) is 6.61 Å². The van der Waals surface area contributed by atoms with Crippen molar-refractivity contribution in [3.63, 3.8) is 0 Å². The molecule has 0 rings (SSSR count). The van der Waals surface area contributed by atoms with Crippen LogP contribution in [0.1, 0.15) is 19.3 Å². The van der Waals surface area contributed by atoms with Crippen molar-refractivity contribution in [1.82, 2.24) is 0 Å². The largest absolute Gasteiger partial charge is 0.396 e. The summed E-state index contributed by atoms with van der Waals surface area (Å²) in [5, 5.41) is 17.4. The molecule has 0 aromatic heterocycles. The quantitative estimate of drug-likeness (QED) is 0.495. The molecule has 3 N–H and O–H groups in total. The molecule has 6 heteroatoms. The summed E-state index contributed by atoms with van der Waals surface area (Å²) in [6, 6.07) is 0. The fourth-order valence-corrected chi connectivity index (χ4v) is 1.33. The minimum atomic E-state index is -3.91. The van der Waals surface area contributed by atoms with Gasteiger partial charge < -0.3 is 10.2 Å². The third-order valence-electron chi connectivity index (χ3n) is 1.40. The van der Waals surface area contributed by atoms with Gasteiger partial charge in [0.25, 0.3) is 10.1 Å².